The largest absolute Gasteiger partial charge is 0.458 e. The molecule has 3 aliphatic heterocycles. The Balaban J connectivity index is 1.21. The molecular formula is C48H39BN2O. The number of rotatable bonds is 3. The molecule has 7 aromatic carbocycles. The molecule has 3 nitrogen and oxygen atoms in total. The predicted molar refractivity (Wildman–Crippen MR) is 218 cm³/mol. The summed E-state index contributed by atoms with van der Waals surface area (Å²) in [7, 11) is 0. The number of hydrogen-bond acceptors (Lipinski definition) is 3. The number of benzene rings is 7. The van der Waals surface area contributed by atoms with Crippen molar-refractivity contribution < 1.29 is 4.74 Å². The Morgan fingerprint density at radius 3 is 1.54 bits per heavy atom. The summed E-state index contributed by atoms with van der Waals surface area (Å²) in [5.74, 6) is 1.81. The molecule has 0 atom stereocenters. The van der Waals surface area contributed by atoms with E-state index in [2.05, 4.69) is 201 Å². The van der Waals surface area contributed by atoms with Crippen molar-refractivity contribution >= 4 is 57.2 Å². The van der Waals surface area contributed by atoms with Crippen molar-refractivity contribution in [1.29, 1.82) is 0 Å². The summed E-state index contributed by atoms with van der Waals surface area (Å²) in [6, 6.07) is 59.7. The van der Waals surface area contributed by atoms with Gasteiger partial charge in [-0.05, 0) is 81.7 Å². The van der Waals surface area contributed by atoms with Crippen LogP contribution >= 0.6 is 0 Å². The molecule has 0 saturated heterocycles. The zero-order valence-corrected chi connectivity index (χ0v) is 30.0. The highest BCUT2D eigenvalue weighted by atomic mass is 16.5. The van der Waals surface area contributed by atoms with Crippen LogP contribution in [0.25, 0.3) is 0 Å². The van der Waals surface area contributed by atoms with E-state index in [1.807, 2.05) is 0 Å². The predicted octanol–water partition coefficient (Wildman–Crippen LogP) is 10.5. The van der Waals surface area contributed by atoms with Crippen LogP contribution in [0.15, 0.2) is 164 Å². The van der Waals surface area contributed by atoms with Crippen molar-refractivity contribution in [3.05, 3.63) is 186 Å². The van der Waals surface area contributed by atoms with Gasteiger partial charge >= 0.3 is 0 Å². The van der Waals surface area contributed by atoms with Gasteiger partial charge in [-0.3, -0.25) is 0 Å². The van der Waals surface area contributed by atoms with Gasteiger partial charge in [0.25, 0.3) is 6.71 Å². The van der Waals surface area contributed by atoms with Crippen molar-refractivity contribution in [2.75, 3.05) is 9.80 Å². The van der Waals surface area contributed by atoms with Crippen molar-refractivity contribution in [2.24, 2.45) is 0 Å². The maximum atomic E-state index is 6.77. The van der Waals surface area contributed by atoms with Gasteiger partial charge in [0.2, 0.25) is 0 Å². The molecule has 10 rings (SSSR count). The van der Waals surface area contributed by atoms with E-state index in [0.717, 1.165) is 22.9 Å². The Kier molecular flexibility index (Phi) is 6.66. The molecule has 0 radical (unpaired) electrons. The van der Waals surface area contributed by atoms with Crippen molar-refractivity contribution in [3.8, 4) is 11.5 Å². The van der Waals surface area contributed by atoms with Crippen LogP contribution in [0.4, 0.5) is 34.1 Å². The van der Waals surface area contributed by atoms with E-state index >= 15 is 0 Å². The van der Waals surface area contributed by atoms with E-state index < -0.39 is 0 Å². The zero-order valence-electron chi connectivity index (χ0n) is 30.0. The van der Waals surface area contributed by atoms with E-state index in [0.29, 0.717) is 0 Å². The first-order valence-corrected chi connectivity index (χ1v) is 18.3. The molecule has 250 valence electrons. The summed E-state index contributed by atoms with van der Waals surface area (Å²) in [5, 5.41) is 0. The van der Waals surface area contributed by atoms with Crippen LogP contribution < -0.4 is 30.9 Å². The van der Waals surface area contributed by atoms with E-state index in [1.54, 1.807) is 0 Å². The summed E-state index contributed by atoms with van der Waals surface area (Å²) >= 11 is 0. The van der Waals surface area contributed by atoms with Crippen LogP contribution in [0.3, 0.4) is 0 Å². The van der Waals surface area contributed by atoms with Crippen LogP contribution in [-0.2, 0) is 10.8 Å². The number of hydrogen-bond donors (Lipinski definition) is 0. The van der Waals surface area contributed by atoms with E-state index in [9.17, 15) is 0 Å². The second kappa shape index (κ2) is 11.3. The molecule has 0 amide bonds. The average molecular weight is 671 g/mol. The normalized spacial score (nSPS) is 15.7. The lowest BCUT2D eigenvalue weighted by Crippen LogP contribution is -2.54. The fourth-order valence-electron chi connectivity index (χ4n) is 9.12. The van der Waals surface area contributed by atoms with Crippen LogP contribution in [0.1, 0.15) is 49.9 Å². The third-order valence-electron chi connectivity index (χ3n) is 11.7. The first kappa shape index (κ1) is 30.8. The number of ether oxygens (including phenoxy) is 1. The Labute approximate surface area is 306 Å². The summed E-state index contributed by atoms with van der Waals surface area (Å²) < 4.78 is 6.77. The molecule has 7 aromatic rings. The molecule has 52 heavy (non-hydrogen) atoms. The second-order valence-corrected chi connectivity index (χ2v) is 15.4. The van der Waals surface area contributed by atoms with Gasteiger partial charge in [-0.15, -0.1) is 0 Å². The molecule has 3 aliphatic rings. The Morgan fingerprint density at radius 2 is 0.904 bits per heavy atom. The SMILES string of the molecule is CC1(C)c2ccccc2N(c2ccccc2)c2cc3c(cc21)N(c1ccc2c(c1)Oc1ccccc1B2c1ccccc1)c1ccccc1C3(C)C. The summed E-state index contributed by atoms with van der Waals surface area (Å²) in [5.41, 5.74) is 15.5. The van der Waals surface area contributed by atoms with Gasteiger partial charge in [-0.25, -0.2) is 0 Å². The Morgan fingerprint density at radius 1 is 0.404 bits per heavy atom. The molecule has 0 unspecified atom stereocenters. The van der Waals surface area contributed by atoms with Crippen LogP contribution in [0, 0.1) is 0 Å². The molecule has 0 fully saturated rings. The molecule has 0 spiro atoms. The average Bonchev–Trinajstić information content (AvgIpc) is 3.18. The number of fused-ring (bicyclic) bond motifs is 6. The van der Waals surface area contributed by atoms with Gasteiger partial charge in [0.15, 0.2) is 0 Å². The second-order valence-electron chi connectivity index (χ2n) is 15.4. The van der Waals surface area contributed by atoms with Gasteiger partial charge < -0.3 is 14.5 Å². The highest BCUT2D eigenvalue weighted by molar-refractivity contribution is 6.96. The lowest BCUT2D eigenvalue weighted by Gasteiger charge is -2.47. The molecule has 4 heteroatoms. The van der Waals surface area contributed by atoms with Gasteiger partial charge in [-0.1, -0.05) is 142 Å². The smallest absolute Gasteiger partial charge is 0.250 e. The lowest BCUT2D eigenvalue weighted by molar-refractivity contribution is 0.487. The van der Waals surface area contributed by atoms with Crippen LogP contribution in [0.5, 0.6) is 11.5 Å². The summed E-state index contributed by atoms with van der Waals surface area (Å²) in [4.78, 5) is 4.94. The third kappa shape index (κ3) is 4.40. The first-order chi connectivity index (χ1) is 25.3. The highest BCUT2D eigenvalue weighted by Gasteiger charge is 2.43. The fraction of sp³-hybridized carbons (Fsp3) is 0.125. The van der Waals surface area contributed by atoms with E-state index in [4.69, 9.17) is 4.74 Å². The highest BCUT2D eigenvalue weighted by Crippen LogP contribution is 2.58. The van der Waals surface area contributed by atoms with Gasteiger partial charge in [0.05, 0.1) is 22.7 Å². The van der Waals surface area contributed by atoms with Crippen molar-refractivity contribution in [3.63, 3.8) is 0 Å². The maximum Gasteiger partial charge on any atom is 0.250 e. The fourth-order valence-corrected chi connectivity index (χ4v) is 9.12. The number of anilines is 6. The Bertz CT molecular complexity index is 2520. The van der Waals surface area contributed by atoms with Gasteiger partial charge in [-0.2, -0.15) is 0 Å². The third-order valence-corrected chi connectivity index (χ3v) is 11.7. The Hall–Kier alpha value is -6.00. The summed E-state index contributed by atoms with van der Waals surface area (Å²) in [6.07, 6.45) is 0. The minimum absolute atomic E-state index is 0.0897. The summed E-state index contributed by atoms with van der Waals surface area (Å²) in [6.45, 7) is 9.59. The van der Waals surface area contributed by atoms with Crippen molar-refractivity contribution in [1.82, 2.24) is 0 Å². The molecular weight excluding hydrogens is 631 g/mol. The first-order valence-electron chi connectivity index (χ1n) is 18.3. The quantitative estimate of drug-likeness (QED) is 0.174. The van der Waals surface area contributed by atoms with Crippen LogP contribution in [0.2, 0.25) is 0 Å². The molecule has 0 saturated carbocycles. The van der Waals surface area contributed by atoms with E-state index in [-0.39, 0.29) is 17.5 Å². The van der Waals surface area contributed by atoms with Crippen molar-refractivity contribution in [2.45, 2.75) is 38.5 Å². The minimum Gasteiger partial charge on any atom is -0.458 e. The number of para-hydroxylation sites is 4. The monoisotopic (exact) mass is 670 g/mol. The standard InChI is InChI=1S/C48H39BN2O/c1-47(2)35-21-11-14-24-41(35)50(33-19-9-6-10-20-33)43-30-38-44(31-37(43)47)51(42-25-15-12-22-36(42)48(38,3)4)34-27-28-40-46(29-34)52-45-26-16-13-23-39(45)49(40)32-17-7-5-8-18-32/h5-31H,1-4H3. The minimum atomic E-state index is -0.247. The topological polar surface area (TPSA) is 15.7 Å². The molecule has 0 N–H and O–H groups in total. The molecule has 3 heterocycles. The zero-order chi connectivity index (χ0) is 35.2. The molecule has 0 bridgehead atoms. The molecule has 0 aliphatic carbocycles. The number of nitrogens with zero attached hydrogens (tertiary/aromatic N) is 2. The van der Waals surface area contributed by atoms with Gasteiger partial charge in [0.1, 0.15) is 11.5 Å². The molecule has 0 aromatic heterocycles. The van der Waals surface area contributed by atoms with Crippen LogP contribution in [-0.4, -0.2) is 6.71 Å². The maximum absolute atomic E-state index is 6.77. The van der Waals surface area contributed by atoms with Gasteiger partial charge in [0, 0.05) is 28.3 Å². The lowest BCUT2D eigenvalue weighted by atomic mass is 9.36. The van der Waals surface area contributed by atoms with E-state index in [1.165, 1.54) is 61.4 Å².